The minimum atomic E-state index is -4.64. The lowest BCUT2D eigenvalue weighted by atomic mass is 10.1. The number of phosphoric acid groups is 1. The topological polar surface area (TPSA) is 111 Å². The van der Waals surface area contributed by atoms with E-state index in [9.17, 15) is 19.0 Å². The van der Waals surface area contributed by atoms with Gasteiger partial charge >= 0.3 is 11.9 Å². The molecule has 0 amide bonds. The highest BCUT2D eigenvalue weighted by atomic mass is 31.2. The van der Waals surface area contributed by atoms with E-state index in [2.05, 4.69) is 74.6 Å². The normalized spacial score (nSPS) is 14.1. The molecular formula is C48H86NO8P. The van der Waals surface area contributed by atoms with Gasteiger partial charge in [0.15, 0.2) is 6.10 Å². The second-order valence-electron chi connectivity index (χ2n) is 16.4. The molecule has 0 aliphatic carbocycles. The maximum absolute atomic E-state index is 12.7. The van der Waals surface area contributed by atoms with Gasteiger partial charge in [-0.3, -0.25) is 14.2 Å². The van der Waals surface area contributed by atoms with Crippen molar-refractivity contribution in [2.24, 2.45) is 0 Å². The summed E-state index contributed by atoms with van der Waals surface area (Å²) in [7, 11) is 1.12. The van der Waals surface area contributed by atoms with Gasteiger partial charge in [0.05, 0.1) is 27.7 Å². The molecule has 0 aliphatic heterocycles. The van der Waals surface area contributed by atoms with Gasteiger partial charge in [-0.25, -0.2) is 0 Å². The van der Waals surface area contributed by atoms with Crippen LogP contribution in [0.2, 0.25) is 0 Å². The van der Waals surface area contributed by atoms with E-state index in [1.807, 2.05) is 21.1 Å². The lowest BCUT2D eigenvalue weighted by Gasteiger charge is -2.28. The van der Waals surface area contributed by atoms with Gasteiger partial charge in [0, 0.05) is 12.8 Å². The molecule has 0 saturated heterocycles. The third-order valence-corrected chi connectivity index (χ3v) is 10.5. The smallest absolute Gasteiger partial charge is 0.306 e. The van der Waals surface area contributed by atoms with Gasteiger partial charge in [-0.15, -0.1) is 0 Å². The molecule has 0 rings (SSSR count). The highest BCUT2D eigenvalue weighted by Crippen LogP contribution is 2.38. The maximum atomic E-state index is 12.7. The minimum absolute atomic E-state index is 0.0430. The molecule has 0 aliphatic rings. The van der Waals surface area contributed by atoms with E-state index in [4.69, 9.17) is 18.5 Å². The molecule has 0 fully saturated rings. The number of carbonyl (C=O) groups is 2. The number of likely N-dealkylation sites (N-methyl/N-ethyl adjacent to an activating group) is 1. The highest BCUT2D eigenvalue weighted by molar-refractivity contribution is 7.45. The summed E-state index contributed by atoms with van der Waals surface area (Å²) in [6.07, 6.45) is 48.3. The Morgan fingerprint density at radius 3 is 1.47 bits per heavy atom. The number of hydrogen-bond acceptors (Lipinski definition) is 8. The van der Waals surface area contributed by atoms with Crippen molar-refractivity contribution in [1.82, 2.24) is 0 Å². The van der Waals surface area contributed by atoms with Gasteiger partial charge in [0.25, 0.3) is 7.82 Å². The molecule has 336 valence electrons. The average molecular weight is 836 g/mol. The number of quaternary nitrogens is 1. The van der Waals surface area contributed by atoms with Crippen LogP contribution >= 0.6 is 7.82 Å². The van der Waals surface area contributed by atoms with Crippen LogP contribution in [0.1, 0.15) is 181 Å². The Bertz CT molecular complexity index is 1170. The van der Waals surface area contributed by atoms with Gasteiger partial charge < -0.3 is 27.9 Å². The number of ether oxygens (including phenoxy) is 2. The van der Waals surface area contributed by atoms with Gasteiger partial charge in [-0.2, -0.15) is 0 Å². The average Bonchev–Trinajstić information content (AvgIpc) is 3.17. The molecule has 1 unspecified atom stereocenters. The van der Waals surface area contributed by atoms with Crippen LogP contribution in [-0.2, 0) is 32.7 Å². The lowest BCUT2D eigenvalue weighted by molar-refractivity contribution is -0.870. The SMILES string of the molecule is CCCCCC/C=C/CCCCCCCC(=O)O[C@@H](COC(=O)CCC/C=C/C/C=C/C/C=C/C/C=C/CCCCCCCCC)COP(=O)([O-])OCC[N+](C)(C)C. The number of unbranched alkanes of at least 4 members (excludes halogenated alkanes) is 17. The summed E-state index contributed by atoms with van der Waals surface area (Å²) in [5.41, 5.74) is 0. The van der Waals surface area contributed by atoms with E-state index >= 15 is 0 Å². The molecule has 0 aromatic rings. The second-order valence-corrected chi connectivity index (χ2v) is 17.8. The third kappa shape index (κ3) is 43.3. The number of esters is 2. The van der Waals surface area contributed by atoms with Crippen LogP contribution in [0.15, 0.2) is 60.8 Å². The second kappa shape index (κ2) is 40.1. The summed E-state index contributed by atoms with van der Waals surface area (Å²) in [4.78, 5) is 37.5. The van der Waals surface area contributed by atoms with Crippen molar-refractivity contribution < 1.29 is 42.1 Å². The van der Waals surface area contributed by atoms with E-state index in [-0.39, 0.29) is 26.1 Å². The van der Waals surface area contributed by atoms with Crippen LogP contribution in [0.25, 0.3) is 0 Å². The quantitative estimate of drug-likeness (QED) is 0.0197. The first-order valence-electron chi connectivity index (χ1n) is 23.0. The van der Waals surface area contributed by atoms with Crippen molar-refractivity contribution in [2.45, 2.75) is 187 Å². The van der Waals surface area contributed by atoms with E-state index in [1.165, 1.54) is 77.0 Å². The number of hydrogen-bond donors (Lipinski definition) is 0. The summed E-state index contributed by atoms with van der Waals surface area (Å²) >= 11 is 0. The number of nitrogens with zero attached hydrogens (tertiary/aromatic N) is 1. The molecule has 2 atom stereocenters. The fourth-order valence-corrected chi connectivity index (χ4v) is 6.60. The van der Waals surface area contributed by atoms with Crippen LogP contribution < -0.4 is 4.89 Å². The largest absolute Gasteiger partial charge is 0.756 e. The molecule has 0 bridgehead atoms. The number of carbonyl (C=O) groups excluding carboxylic acids is 2. The molecule has 58 heavy (non-hydrogen) atoms. The number of allylic oxidation sites excluding steroid dienone is 10. The third-order valence-electron chi connectivity index (χ3n) is 9.51. The first-order chi connectivity index (χ1) is 28.0. The minimum Gasteiger partial charge on any atom is -0.756 e. The van der Waals surface area contributed by atoms with E-state index in [0.717, 1.165) is 64.2 Å². The molecule has 9 nitrogen and oxygen atoms in total. The van der Waals surface area contributed by atoms with Gasteiger partial charge in [0.2, 0.25) is 0 Å². The predicted molar refractivity (Wildman–Crippen MR) is 240 cm³/mol. The molecule has 0 heterocycles. The van der Waals surface area contributed by atoms with Crippen molar-refractivity contribution >= 4 is 19.8 Å². The van der Waals surface area contributed by atoms with Gasteiger partial charge in [0.1, 0.15) is 19.8 Å². The lowest BCUT2D eigenvalue weighted by Crippen LogP contribution is -2.37. The predicted octanol–water partition coefficient (Wildman–Crippen LogP) is 12.6. The monoisotopic (exact) mass is 836 g/mol. The van der Waals surface area contributed by atoms with E-state index in [0.29, 0.717) is 23.9 Å². The Labute approximate surface area is 356 Å². The van der Waals surface area contributed by atoms with Crippen molar-refractivity contribution in [1.29, 1.82) is 0 Å². The molecule has 0 aromatic carbocycles. The molecular weight excluding hydrogens is 750 g/mol. The zero-order valence-corrected chi connectivity index (χ0v) is 38.6. The van der Waals surface area contributed by atoms with Crippen LogP contribution in [0.4, 0.5) is 0 Å². The highest BCUT2D eigenvalue weighted by Gasteiger charge is 2.21. The summed E-state index contributed by atoms with van der Waals surface area (Å²) in [6.45, 7) is 4.13. The van der Waals surface area contributed by atoms with Crippen molar-refractivity contribution in [3.8, 4) is 0 Å². The Balaban J connectivity index is 4.42. The van der Waals surface area contributed by atoms with Crippen molar-refractivity contribution in [2.75, 3.05) is 47.5 Å². The molecule has 0 saturated carbocycles. The molecule has 0 radical (unpaired) electrons. The zero-order valence-electron chi connectivity index (χ0n) is 37.7. The van der Waals surface area contributed by atoms with Gasteiger partial charge in [-0.1, -0.05) is 152 Å². The van der Waals surface area contributed by atoms with E-state index < -0.39 is 32.5 Å². The summed E-state index contributed by atoms with van der Waals surface area (Å²) in [6, 6.07) is 0. The number of rotatable bonds is 41. The fraction of sp³-hybridized carbons (Fsp3) is 0.750. The van der Waals surface area contributed by atoms with Crippen LogP contribution in [-0.4, -0.2) is 70.0 Å². The van der Waals surface area contributed by atoms with Crippen molar-refractivity contribution in [3.05, 3.63) is 60.8 Å². The molecule has 0 N–H and O–H groups in total. The Morgan fingerprint density at radius 1 is 0.534 bits per heavy atom. The zero-order chi connectivity index (χ0) is 42.8. The maximum Gasteiger partial charge on any atom is 0.306 e. The van der Waals surface area contributed by atoms with E-state index in [1.54, 1.807) is 0 Å². The molecule has 0 spiro atoms. The Kier molecular flexibility index (Phi) is 38.5. The standard InChI is InChI=1S/C48H86NO8P/c1-6-8-10-12-14-16-18-20-21-22-23-24-25-26-27-29-30-32-34-36-38-40-47(50)54-44-46(45-56-58(52,53)55-43-42-49(3,4)5)57-48(51)41-39-37-35-33-31-28-19-17-15-13-11-9-7-2/h17,19,21-22,24-25,27,29,32,34,46H,6-16,18,20,23,26,28,30-31,33,35-45H2,1-5H3/b19-17+,22-21+,25-24+,29-27+,34-32+/t46-/m0/s1. The first kappa shape index (κ1) is 55.7. The van der Waals surface area contributed by atoms with Crippen molar-refractivity contribution in [3.63, 3.8) is 0 Å². The first-order valence-corrected chi connectivity index (χ1v) is 24.5. The Hall–Kier alpha value is -2.29. The Morgan fingerprint density at radius 2 is 0.948 bits per heavy atom. The molecule has 0 aromatic heterocycles. The molecule has 10 heteroatoms. The van der Waals surface area contributed by atoms with Crippen LogP contribution in [0, 0.1) is 0 Å². The fourth-order valence-electron chi connectivity index (χ4n) is 5.88. The summed E-state index contributed by atoms with van der Waals surface area (Å²) in [5.74, 6) is -0.913. The van der Waals surface area contributed by atoms with Crippen LogP contribution in [0.5, 0.6) is 0 Å². The van der Waals surface area contributed by atoms with Gasteiger partial charge in [-0.05, 0) is 77.0 Å². The van der Waals surface area contributed by atoms with Crippen LogP contribution in [0.3, 0.4) is 0 Å². The summed E-state index contributed by atoms with van der Waals surface area (Å²) < 4.78 is 33.8. The summed E-state index contributed by atoms with van der Waals surface area (Å²) in [5, 5.41) is 0. The number of phosphoric ester groups is 1.